The Morgan fingerprint density at radius 2 is 1.36 bits per heavy atom. The molecule has 2 saturated heterocycles. The lowest BCUT2D eigenvalue weighted by atomic mass is 10.1. The third kappa shape index (κ3) is 7.43. The monoisotopic (exact) mass is 675 g/mol. The molecule has 0 radical (unpaired) electrons. The van der Waals surface area contributed by atoms with E-state index in [0.717, 1.165) is 29.9 Å². The summed E-state index contributed by atoms with van der Waals surface area (Å²) in [6.07, 6.45) is 0. The first kappa shape index (κ1) is 32.9. The van der Waals surface area contributed by atoms with Gasteiger partial charge in [-0.3, -0.25) is 19.3 Å². The van der Waals surface area contributed by atoms with Crippen molar-refractivity contribution in [3.63, 3.8) is 0 Å². The lowest BCUT2D eigenvalue weighted by molar-refractivity contribution is -0.133. The van der Waals surface area contributed by atoms with Crippen molar-refractivity contribution in [2.24, 2.45) is 0 Å². The topological polar surface area (TPSA) is 80.6 Å². The second kappa shape index (κ2) is 14.4. The van der Waals surface area contributed by atoms with E-state index in [-0.39, 0.29) is 17.6 Å². The predicted octanol–water partition coefficient (Wildman–Crippen LogP) is 5.92. The second-order valence-electron chi connectivity index (χ2n) is 12.0. The molecule has 2 fully saturated rings. The summed E-state index contributed by atoms with van der Waals surface area (Å²) in [5.74, 6) is 0.178. The van der Waals surface area contributed by atoms with Crippen LogP contribution in [0.25, 0.3) is 11.0 Å². The van der Waals surface area contributed by atoms with Crippen molar-refractivity contribution < 1.29 is 18.8 Å². The number of furan rings is 1. The SMILES string of the molecule is CCN(CC)c1ccc2cc(C(=O)c3ccc(N4CCN(C(=O)CN5CCN(C(=O)c6cc(Cl)cc(Cl)c6)CC5)CC4)cc3)oc2c1. The molecule has 3 heterocycles. The fourth-order valence-corrected chi connectivity index (χ4v) is 6.88. The summed E-state index contributed by atoms with van der Waals surface area (Å²) in [6, 6.07) is 20.3. The first-order valence-corrected chi connectivity index (χ1v) is 16.9. The van der Waals surface area contributed by atoms with Crippen molar-refractivity contribution in [1.29, 1.82) is 0 Å². The van der Waals surface area contributed by atoms with Crippen molar-refractivity contribution in [2.45, 2.75) is 13.8 Å². The molecule has 246 valence electrons. The Labute approximate surface area is 285 Å². The zero-order valence-corrected chi connectivity index (χ0v) is 28.3. The molecule has 0 atom stereocenters. The standard InChI is InChI=1S/C36H39Cl2N5O4/c1-3-40(4-2)31-10-7-26-21-33(47-32(26)23-31)35(45)25-5-8-30(9-6-25)41-15-17-42(18-16-41)34(44)24-39-11-13-43(14-12-39)36(46)27-19-28(37)22-29(38)20-27/h5-10,19-23H,3-4,11-18,24H2,1-2H3. The number of piperazine rings is 2. The van der Waals surface area contributed by atoms with Crippen molar-refractivity contribution in [3.8, 4) is 0 Å². The van der Waals surface area contributed by atoms with E-state index in [0.29, 0.717) is 91.4 Å². The van der Waals surface area contributed by atoms with Gasteiger partial charge in [-0.1, -0.05) is 23.2 Å². The van der Waals surface area contributed by atoms with Crippen LogP contribution >= 0.6 is 23.2 Å². The summed E-state index contributed by atoms with van der Waals surface area (Å²) in [7, 11) is 0. The Bertz CT molecular complexity index is 1730. The lowest BCUT2D eigenvalue weighted by Gasteiger charge is -2.38. The third-order valence-corrected chi connectivity index (χ3v) is 9.55. The summed E-state index contributed by atoms with van der Waals surface area (Å²) in [6.45, 7) is 11.4. The highest BCUT2D eigenvalue weighted by atomic mass is 35.5. The first-order valence-electron chi connectivity index (χ1n) is 16.2. The van der Waals surface area contributed by atoms with Crippen LogP contribution in [0, 0.1) is 0 Å². The number of carbonyl (C=O) groups is 3. The summed E-state index contributed by atoms with van der Waals surface area (Å²) in [4.78, 5) is 49.6. The van der Waals surface area contributed by atoms with Gasteiger partial charge in [0.25, 0.3) is 5.91 Å². The minimum Gasteiger partial charge on any atom is -0.452 e. The normalized spacial score (nSPS) is 15.7. The zero-order valence-electron chi connectivity index (χ0n) is 26.8. The fraction of sp³-hybridized carbons (Fsp3) is 0.361. The van der Waals surface area contributed by atoms with Crippen LogP contribution in [0.15, 0.2) is 71.1 Å². The molecule has 47 heavy (non-hydrogen) atoms. The Morgan fingerprint density at radius 1 is 0.723 bits per heavy atom. The van der Waals surface area contributed by atoms with Crippen molar-refractivity contribution in [2.75, 3.05) is 81.8 Å². The maximum atomic E-state index is 13.3. The first-order chi connectivity index (χ1) is 22.7. The van der Waals surface area contributed by atoms with Crippen LogP contribution in [-0.2, 0) is 4.79 Å². The number of benzene rings is 3. The summed E-state index contributed by atoms with van der Waals surface area (Å²) in [5.41, 5.74) is 3.85. The molecule has 0 unspecified atom stereocenters. The Morgan fingerprint density at radius 3 is 2.00 bits per heavy atom. The van der Waals surface area contributed by atoms with Crippen LogP contribution in [0.3, 0.4) is 0 Å². The quantitative estimate of drug-likeness (QED) is 0.204. The second-order valence-corrected chi connectivity index (χ2v) is 12.8. The molecule has 9 nitrogen and oxygen atoms in total. The minimum atomic E-state index is -0.147. The predicted molar refractivity (Wildman–Crippen MR) is 187 cm³/mol. The van der Waals surface area contributed by atoms with Gasteiger partial charge in [-0.15, -0.1) is 0 Å². The molecule has 0 saturated carbocycles. The van der Waals surface area contributed by atoms with E-state index in [2.05, 4.69) is 34.6 Å². The number of rotatable bonds is 9. The number of ketones is 1. The highest BCUT2D eigenvalue weighted by Gasteiger charge is 2.27. The molecule has 0 spiro atoms. The zero-order chi connectivity index (χ0) is 33.1. The molecular weight excluding hydrogens is 637 g/mol. The number of nitrogens with zero attached hydrogens (tertiary/aromatic N) is 5. The number of hydrogen-bond donors (Lipinski definition) is 0. The van der Waals surface area contributed by atoms with Crippen LogP contribution in [0.2, 0.25) is 10.0 Å². The van der Waals surface area contributed by atoms with Gasteiger partial charge in [0.2, 0.25) is 11.7 Å². The van der Waals surface area contributed by atoms with Crippen LogP contribution in [0.1, 0.15) is 40.3 Å². The Hall–Kier alpha value is -4.05. The molecule has 2 aliphatic rings. The van der Waals surface area contributed by atoms with E-state index >= 15 is 0 Å². The number of carbonyl (C=O) groups excluding carboxylic acids is 3. The molecule has 2 amide bonds. The van der Waals surface area contributed by atoms with Gasteiger partial charge in [0.15, 0.2) is 5.76 Å². The molecule has 3 aromatic carbocycles. The number of anilines is 2. The highest BCUT2D eigenvalue weighted by molar-refractivity contribution is 6.35. The van der Waals surface area contributed by atoms with Gasteiger partial charge in [0.1, 0.15) is 5.58 Å². The number of fused-ring (bicyclic) bond motifs is 1. The van der Waals surface area contributed by atoms with Gasteiger partial charge >= 0.3 is 0 Å². The maximum Gasteiger partial charge on any atom is 0.254 e. The van der Waals surface area contributed by atoms with Crippen LogP contribution in [0.5, 0.6) is 0 Å². The van der Waals surface area contributed by atoms with E-state index in [1.807, 2.05) is 47.4 Å². The minimum absolute atomic E-state index is 0.0991. The van der Waals surface area contributed by atoms with Gasteiger partial charge < -0.3 is 24.0 Å². The third-order valence-electron chi connectivity index (χ3n) is 9.11. The van der Waals surface area contributed by atoms with E-state index < -0.39 is 0 Å². The Kier molecular flexibility index (Phi) is 10.1. The molecule has 2 aliphatic heterocycles. The van der Waals surface area contributed by atoms with Gasteiger partial charge in [-0.05, 0) is 74.5 Å². The van der Waals surface area contributed by atoms with E-state index in [1.54, 1.807) is 23.1 Å². The summed E-state index contributed by atoms with van der Waals surface area (Å²) in [5, 5.41) is 1.77. The average molecular weight is 677 g/mol. The number of amides is 2. The molecular formula is C36H39Cl2N5O4. The van der Waals surface area contributed by atoms with Crippen LogP contribution in [0.4, 0.5) is 11.4 Å². The van der Waals surface area contributed by atoms with E-state index in [4.69, 9.17) is 27.6 Å². The molecule has 0 bridgehead atoms. The van der Waals surface area contributed by atoms with Crippen molar-refractivity contribution in [1.82, 2.24) is 14.7 Å². The van der Waals surface area contributed by atoms with Gasteiger partial charge in [0, 0.05) is 109 Å². The molecule has 0 aliphatic carbocycles. The van der Waals surface area contributed by atoms with Crippen molar-refractivity contribution in [3.05, 3.63) is 93.7 Å². The smallest absolute Gasteiger partial charge is 0.254 e. The van der Waals surface area contributed by atoms with Crippen molar-refractivity contribution >= 4 is 63.1 Å². The maximum absolute atomic E-state index is 13.3. The van der Waals surface area contributed by atoms with Gasteiger partial charge in [-0.25, -0.2) is 0 Å². The number of hydrogen-bond acceptors (Lipinski definition) is 7. The van der Waals surface area contributed by atoms with Gasteiger partial charge in [0.05, 0.1) is 6.54 Å². The largest absolute Gasteiger partial charge is 0.452 e. The van der Waals surface area contributed by atoms with E-state index in [1.165, 1.54) is 0 Å². The molecule has 4 aromatic rings. The Balaban J connectivity index is 0.979. The van der Waals surface area contributed by atoms with Crippen LogP contribution in [-0.4, -0.2) is 104 Å². The van der Waals surface area contributed by atoms with Gasteiger partial charge in [-0.2, -0.15) is 0 Å². The van der Waals surface area contributed by atoms with E-state index in [9.17, 15) is 14.4 Å². The highest BCUT2D eigenvalue weighted by Crippen LogP contribution is 2.27. The average Bonchev–Trinajstić information content (AvgIpc) is 3.52. The number of halogens is 2. The summed E-state index contributed by atoms with van der Waals surface area (Å²) < 4.78 is 5.99. The molecule has 11 heteroatoms. The summed E-state index contributed by atoms with van der Waals surface area (Å²) >= 11 is 12.1. The van der Waals surface area contributed by atoms with Crippen LogP contribution < -0.4 is 9.80 Å². The fourth-order valence-electron chi connectivity index (χ4n) is 6.36. The molecule has 1 aromatic heterocycles. The molecule has 0 N–H and O–H groups in total. The lowest BCUT2D eigenvalue weighted by Crippen LogP contribution is -2.54. The molecule has 6 rings (SSSR count).